The van der Waals surface area contributed by atoms with Crippen molar-refractivity contribution in [2.24, 2.45) is 0 Å². The van der Waals surface area contributed by atoms with E-state index in [9.17, 15) is 4.79 Å². The van der Waals surface area contributed by atoms with E-state index >= 15 is 0 Å². The smallest absolute Gasteiger partial charge is 0.328 e. The molecule has 0 atom stereocenters. The van der Waals surface area contributed by atoms with Gasteiger partial charge < -0.3 is 9.84 Å². The summed E-state index contributed by atoms with van der Waals surface area (Å²) in [4.78, 5) is 10.2. The van der Waals surface area contributed by atoms with Crippen LogP contribution in [0.15, 0.2) is 12.2 Å². The van der Waals surface area contributed by atoms with Crippen LogP contribution < -0.4 is 0 Å². The van der Waals surface area contributed by atoms with Crippen molar-refractivity contribution < 1.29 is 14.6 Å². The van der Waals surface area contributed by atoms with Gasteiger partial charge in [0.2, 0.25) is 5.90 Å². The van der Waals surface area contributed by atoms with Crippen molar-refractivity contribution >= 4 is 11.9 Å². The molecular formula is C10H15NO3. The predicted molar refractivity (Wildman–Crippen MR) is 52.5 cm³/mol. The van der Waals surface area contributed by atoms with Gasteiger partial charge in [0, 0.05) is 12.2 Å². The summed E-state index contributed by atoms with van der Waals surface area (Å²) in [5.74, 6) is -1.11. The van der Waals surface area contributed by atoms with Gasteiger partial charge in [-0.05, 0) is 25.7 Å². The monoisotopic (exact) mass is 197 g/mol. The van der Waals surface area contributed by atoms with E-state index in [1.54, 1.807) is 0 Å². The van der Waals surface area contributed by atoms with Crippen molar-refractivity contribution in [2.45, 2.75) is 38.2 Å². The van der Waals surface area contributed by atoms with Crippen molar-refractivity contribution in [2.75, 3.05) is 0 Å². The molecule has 0 saturated heterocycles. The quantitative estimate of drug-likeness (QED) is 0.412. The molecule has 0 aromatic rings. The second-order valence-electron chi connectivity index (χ2n) is 3.41. The number of rotatable bonds is 3. The van der Waals surface area contributed by atoms with E-state index < -0.39 is 5.97 Å². The summed E-state index contributed by atoms with van der Waals surface area (Å²) >= 11 is 0. The van der Waals surface area contributed by atoms with Crippen molar-refractivity contribution in [1.29, 1.82) is 5.41 Å². The first-order valence-electron chi connectivity index (χ1n) is 4.84. The van der Waals surface area contributed by atoms with Gasteiger partial charge in [-0.1, -0.05) is 6.42 Å². The summed E-state index contributed by atoms with van der Waals surface area (Å²) in [7, 11) is 0. The maximum absolute atomic E-state index is 10.2. The average Bonchev–Trinajstić information content (AvgIpc) is 2.16. The molecule has 0 bridgehead atoms. The van der Waals surface area contributed by atoms with E-state index in [2.05, 4.69) is 0 Å². The molecule has 0 radical (unpaired) electrons. The van der Waals surface area contributed by atoms with E-state index in [-0.39, 0.29) is 12.0 Å². The average molecular weight is 197 g/mol. The molecule has 0 heterocycles. The molecule has 1 aliphatic carbocycles. The molecule has 0 unspecified atom stereocenters. The minimum Gasteiger partial charge on any atom is -0.478 e. The third-order valence-electron chi connectivity index (χ3n) is 2.22. The third kappa shape index (κ3) is 4.07. The Bertz CT molecular complexity index is 242. The lowest BCUT2D eigenvalue weighted by atomic mass is 9.98. The number of carboxylic acid groups (broad SMARTS) is 1. The van der Waals surface area contributed by atoms with Gasteiger partial charge in [0.25, 0.3) is 0 Å². The van der Waals surface area contributed by atoms with Crippen LogP contribution in [0.4, 0.5) is 0 Å². The largest absolute Gasteiger partial charge is 0.478 e. The highest BCUT2D eigenvalue weighted by atomic mass is 16.5. The van der Waals surface area contributed by atoms with Crippen LogP contribution in [0.2, 0.25) is 0 Å². The number of aliphatic carboxylic acids is 1. The molecule has 78 valence electrons. The molecule has 1 aliphatic rings. The Kier molecular flexibility index (Phi) is 4.16. The molecule has 1 fully saturated rings. The van der Waals surface area contributed by atoms with Crippen molar-refractivity contribution in [3.63, 3.8) is 0 Å². The summed E-state index contributed by atoms with van der Waals surface area (Å²) in [6, 6.07) is 0. The van der Waals surface area contributed by atoms with Crippen LogP contribution in [0, 0.1) is 5.41 Å². The topological polar surface area (TPSA) is 70.4 Å². The third-order valence-corrected chi connectivity index (χ3v) is 2.22. The van der Waals surface area contributed by atoms with Crippen molar-refractivity contribution in [3.8, 4) is 0 Å². The van der Waals surface area contributed by atoms with E-state index in [0.29, 0.717) is 0 Å². The molecule has 0 aromatic carbocycles. The zero-order valence-corrected chi connectivity index (χ0v) is 8.03. The van der Waals surface area contributed by atoms with Gasteiger partial charge in [0.15, 0.2) is 0 Å². The minimum absolute atomic E-state index is 0.0562. The summed E-state index contributed by atoms with van der Waals surface area (Å²) in [5, 5.41) is 15.7. The summed E-state index contributed by atoms with van der Waals surface area (Å²) in [6.07, 6.45) is 7.67. The van der Waals surface area contributed by atoms with Gasteiger partial charge in [-0.2, -0.15) is 0 Å². The Balaban J connectivity index is 2.28. The van der Waals surface area contributed by atoms with Crippen LogP contribution in [0.25, 0.3) is 0 Å². The highest BCUT2D eigenvalue weighted by Gasteiger charge is 2.14. The Morgan fingerprint density at radius 3 is 2.50 bits per heavy atom. The number of carboxylic acids is 1. The second-order valence-corrected chi connectivity index (χ2v) is 3.41. The number of ether oxygens (including phenoxy) is 1. The van der Waals surface area contributed by atoms with Gasteiger partial charge >= 0.3 is 5.97 Å². The van der Waals surface area contributed by atoms with Crippen LogP contribution in [0.5, 0.6) is 0 Å². The molecule has 4 nitrogen and oxygen atoms in total. The molecular weight excluding hydrogens is 182 g/mol. The van der Waals surface area contributed by atoms with Crippen LogP contribution in [-0.2, 0) is 9.53 Å². The fourth-order valence-corrected chi connectivity index (χ4v) is 1.55. The molecule has 4 heteroatoms. The standard InChI is InChI=1S/C10H15NO3/c11-9(6-7-10(12)13)14-8-4-2-1-3-5-8/h6-8,11H,1-5H2,(H,12,13)/b7-6-,11-9?. The van der Waals surface area contributed by atoms with Crippen LogP contribution >= 0.6 is 0 Å². The van der Waals surface area contributed by atoms with Gasteiger partial charge in [-0.3, -0.25) is 5.41 Å². The lowest BCUT2D eigenvalue weighted by Gasteiger charge is -2.21. The first-order chi connectivity index (χ1) is 6.68. The van der Waals surface area contributed by atoms with E-state index in [1.807, 2.05) is 0 Å². The molecule has 0 amide bonds. The van der Waals surface area contributed by atoms with Crippen LogP contribution in [-0.4, -0.2) is 23.1 Å². The summed E-state index contributed by atoms with van der Waals surface area (Å²) in [6.45, 7) is 0. The normalized spacial score (nSPS) is 18.3. The van der Waals surface area contributed by atoms with Crippen LogP contribution in [0.1, 0.15) is 32.1 Å². The maximum atomic E-state index is 10.2. The van der Waals surface area contributed by atoms with Gasteiger partial charge in [-0.25, -0.2) is 4.79 Å². The number of hydrogen-bond donors (Lipinski definition) is 2. The first kappa shape index (κ1) is 10.8. The summed E-state index contributed by atoms with van der Waals surface area (Å²) < 4.78 is 5.27. The van der Waals surface area contributed by atoms with Crippen molar-refractivity contribution in [3.05, 3.63) is 12.2 Å². The molecule has 1 rings (SSSR count). The highest BCUT2D eigenvalue weighted by Crippen LogP contribution is 2.20. The zero-order valence-electron chi connectivity index (χ0n) is 8.03. The fourth-order valence-electron chi connectivity index (χ4n) is 1.55. The first-order valence-corrected chi connectivity index (χ1v) is 4.84. The van der Waals surface area contributed by atoms with Gasteiger partial charge in [0.1, 0.15) is 6.10 Å². The minimum atomic E-state index is -1.05. The van der Waals surface area contributed by atoms with E-state index in [4.69, 9.17) is 15.3 Å². The SMILES string of the molecule is N=C(/C=C\C(=O)O)OC1CCCCC1. The predicted octanol–water partition coefficient (Wildman–Crippen LogP) is 1.95. The Labute approximate surface area is 83.1 Å². The number of nitrogens with one attached hydrogen (secondary N) is 1. The molecule has 0 spiro atoms. The highest BCUT2D eigenvalue weighted by molar-refractivity contribution is 5.92. The lowest BCUT2D eigenvalue weighted by molar-refractivity contribution is -0.131. The molecule has 2 N–H and O–H groups in total. The Hall–Kier alpha value is -1.32. The molecule has 14 heavy (non-hydrogen) atoms. The van der Waals surface area contributed by atoms with Gasteiger partial charge in [-0.15, -0.1) is 0 Å². The van der Waals surface area contributed by atoms with Crippen LogP contribution in [0.3, 0.4) is 0 Å². The second kappa shape index (κ2) is 5.42. The van der Waals surface area contributed by atoms with E-state index in [1.165, 1.54) is 12.5 Å². The zero-order chi connectivity index (χ0) is 10.4. The Morgan fingerprint density at radius 1 is 1.29 bits per heavy atom. The number of carbonyl (C=O) groups is 1. The molecule has 0 aliphatic heterocycles. The van der Waals surface area contributed by atoms with Gasteiger partial charge in [0.05, 0.1) is 0 Å². The maximum Gasteiger partial charge on any atom is 0.328 e. The fraction of sp³-hybridized carbons (Fsp3) is 0.600. The van der Waals surface area contributed by atoms with E-state index in [0.717, 1.165) is 31.8 Å². The number of hydrogen-bond acceptors (Lipinski definition) is 3. The molecule has 0 aromatic heterocycles. The van der Waals surface area contributed by atoms with Crippen molar-refractivity contribution in [1.82, 2.24) is 0 Å². The summed E-state index contributed by atoms with van der Waals surface area (Å²) in [5.41, 5.74) is 0. The Morgan fingerprint density at radius 2 is 1.93 bits per heavy atom. The molecule has 1 saturated carbocycles. The lowest BCUT2D eigenvalue weighted by Crippen LogP contribution is -2.19.